The molecule has 0 radical (unpaired) electrons. The van der Waals surface area contributed by atoms with Crippen molar-refractivity contribution in [3.63, 3.8) is 0 Å². The maximum atomic E-state index is 13.2. The summed E-state index contributed by atoms with van der Waals surface area (Å²) in [6, 6.07) is 2.67. The second-order valence-corrected chi connectivity index (χ2v) is 7.92. The van der Waals surface area contributed by atoms with Crippen LogP contribution in [0.25, 0.3) is 0 Å². The molecule has 2 atom stereocenters. The molecule has 1 N–H and O–H groups in total. The molecule has 2 aromatic rings. The summed E-state index contributed by atoms with van der Waals surface area (Å²) in [6.07, 6.45) is 3.13. The molecule has 0 bridgehead atoms. The zero-order valence-corrected chi connectivity index (χ0v) is 16.7. The van der Waals surface area contributed by atoms with Gasteiger partial charge in [-0.2, -0.15) is 0 Å². The summed E-state index contributed by atoms with van der Waals surface area (Å²) in [4.78, 5) is 53.3. The van der Waals surface area contributed by atoms with Crippen LogP contribution in [0.3, 0.4) is 0 Å². The van der Waals surface area contributed by atoms with E-state index in [-0.39, 0.29) is 40.4 Å². The number of nitrogens with zero attached hydrogens (tertiary/aromatic N) is 1. The number of carbonyl (C=O) groups is 2. The van der Waals surface area contributed by atoms with Crippen LogP contribution in [-0.4, -0.2) is 21.1 Å². The summed E-state index contributed by atoms with van der Waals surface area (Å²) in [7, 11) is 0. The first-order chi connectivity index (χ1) is 13.8. The van der Waals surface area contributed by atoms with E-state index in [1.807, 2.05) is 0 Å². The number of H-pyrrole nitrogens is 1. The maximum Gasteiger partial charge on any atom is 0.252 e. The predicted octanol–water partition coefficient (Wildman–Crippen LogP) is 2.37. The summed E-state index contributed by atoms with van der Waals surface area (Å²) in [5, 5.41) is 0. The minimum atomic E-state index is -0.522. The van der Waals surface area contributed by atoms with Gasteiger partial charge in [-0.15, -0.1) is 5.92 Å². The standard InChI is InChI=1S/C23H22N2O4/c1-4-14-11-15(14)7-5-6-8-25-17(27)10-13(3)19-21(25)23(29)20-18(22(19)28)12(2)9-16(26)24-20/h9-10,14-15H,4,7-8,11H2,1-3H3,(H,24,26). The predicted molar refractivity (Wildman–Crippen MR) is 108 cm³/mol. The first-order valence-electron chi connectivity index (χ1n) is 9.87. The van der Waals surface area contributed by atoms with Crippen LogP contribution in [0.5, 0.6) is 0 Å². The summed E-state index contributed by atoms with van der Waals surface area (Å²) in [6.45, 7) is 5.48. The molecule has 0 spiro atoms. The van der Waals surface area contributed by atoms with Gasteiger partial charge in [-0.1, -0.05) is 19.3 Å². The number of fused-ring (bicyclic) bond motifs is 2. The fourth-order valence-corrected chi connectivity index (χ4v) is 4.24. The van der Waals surface area contributed by atoms with E-state index in [0.29, 0.717) is 17.0 Å². The van der Waals surface area contributed by atoms with Gasteiger partial charge in [-0.3, -0.25) is 23.7 Å². The van der Waals surface area contributed by atoms with E-state index in [4.69, 9.17) is 0 Å². The molecular formula is C23H22N2O4. The summed E-state index contributed by atoms with van der Waals surface area (Å²) < 4.78 is 1.25. The highest BCUT2D eigenvalue weighted by molar-refractivity contribution is 6.27. The summed E-state index contributed by atoms with van der Waals surface area (Å²) in [5.41, 5.74) is 0.430. The largest absolute Gasteiger partial charge is 0.318 e. The third-order valence-electron chi connectivity index (χ3n) is 5.96. The van der Waals surface area contributed by atoms with Crippen LogP contribution < -0.4 is 11.1 Å². The molecule has 2 aliphatic rings. The number of pyridine rings is 2. The lowest BCUT2D eigenvalue weighted by Crippen LogP contribution is -2.35. The second-order valence-electron chi connectivity index (χ2n) is 7.92. The Kier molecular flexibility index (Phi) is 4.62. The molecule has 2 unspecified atom stereocenters. The molecule has 0 saturated heterocycles. The van der Waals surface area contributed by atoms with E-state index in [0.717, 1.165) is 18.8 Å². The van der Waals surface area contributed by atoms with Crippen molar-refractivity contribution in [1.29, 1.82) is 0 Å². The first kappa shape index (κ1) is 19.1. The number of aromatic nitrogens is 2. The Hall–Kier alpha value is -3.20. The zero-order chi connectivity index (χ0) is 20.9. The van der Waals surface area contributed by atoms with Gasteiger partial charge in [0, 0.05) is 18.6 Å². The van der Waals surface area contributed by atoms with Crippen molar-refractivity contribution in [3.05, 3.63) is 66.5 Å². The van der Waals surface area contributed by atoms with Crippen molar-refractivity contribution >= 4 is 11.6 Å². The Bertz CT molecular complexity index is 1240. The molecule has 4 rings (SSSR count). The average molecular weight is 390 g/mol. The minimum absolute atomic E-state index is 0.0147. The SMILES string of the molecule is CCC1CC1CC#CCn1c2c(c(C)cc1=O)C(=O)c1c(C)cc(=O)[nH]c1C2=O. The molecule has 29 heavy (non-hydrogen) atoms. The van der Waals surface area contributed by atoms with Crippen LogP contribution in [0.4, 0.5) is 0 Å². The molecule has 148 valence electrons. The number of aromatic amines is 1. The number of ketones is 2. The normalized spacial score (nSPS) is 19.3. The van der Waals surface area contributed by atoms with Gasteiger partial charge in [0.2, 0.25) is 11.3 Å². The van der Waals surface area contributed by atoms with Crippen LogP contribution in [0, 0.1) is 37.5 Å². The van der Waals surface area contributed by atoms with Crippen LogP contribution >= 0.6 is 0 Å². The highest BCUT2D eigenvalue weighted by atomic mass is 16.2. The summed E-state index contributed by atoms with van der Waals surface area (Å²) >= 11 is 0. The summed E-state index contributed by atoms with van der Waals surface area (Å²) in [5.74, 6) is 6.59. The van der Waals surface area contributed by atoms with Crippen LogP contribution in [0.2, 0.25) is 0 Å². The zero-order valence-electron chi connectivity index (χ0n) is 16.7. The Balaban J connectivity index is 1.78. The number of nitrogens with one attached hydrogen (secondary N) is 1. The van der Waals surface area contributed by atoms with Crippen LogP contribution in [0.15, 0.2) is 21.7 Å². The molecule has 0 amide bonds. The number of aryl methyl sites for hydroxylation is 2. The van der Waals surface area contributed by atoms with Crippen LogP contribution in [-0.2, 0) is 6.54 Å². The van der Waals surface area contributed by atoms with Crippen molar-refractivity contribution in [3.8, 4) is 11.8 Å². The van der Waals surface area contributed by atoms with E-state index in [9.17, 15) is 19.2 Å². The number of hydrogen-bond donors (Lipinski definition) is 1. The van der Waals surface area contributed by atoms with Crippen LogP contribution in [0.1, 0.15) is 69.4 Å². The van der Waals surface area contributed by atoms with Gasteiger partial charge < -0.3 is 4.98 Å². The smallest absolute Gasteiger partial charge is 0.252 e. The molecule has 0 aromatic carbocycles. The van der Waals surface area contributed by atoms with Gasteiger partial charge in [-0.25, -0.2) is 0 Å². The first-order valence-corrected chi connectivity index (χ1v) is 9.87. The number of hydrogen-bond acceptors (Lipinski definition) is 4. The lowest BCUT2D eigenvalue weighted by molar-refractivity contribution is 0.0966. The van der Waals surface area contributed by atoms with Crippen molar-refractivity contribution in [2.45, 2.75) is 46.6 Å². The monoisotopic (exact) mass is 390 g/mol. The topological polar surface area (TPSA) is 89.0 Å². The third kappa shape index (κ3) is 3.17. The molecule has 2 aromatic heterocycles. The Morgan fingerprint density at radius 3 is 2.41 bits per heavy atom. The van der Waals surface area contributed by atoms with Crippen molar-refractivity contribution in [1.82, 2.24) is 9.55 Å². The number of carbonyl (C=O) groups excluding carboxylic acids is 2. The molecule has 0 aliphatic heterocycles. The van der Waals surface area contributed by atoms with Gasteiger partial charge in [0.05, 0.1) is 17.7 Å². The fraction of sp³-hybridized carbons (Fsp3) is 0.391. The van der Waals surface area contributed by atoms with Gasteiger partial charge in [0.1, 0.15) is 11.4 Å². The number of rotatable bonds is 3. The quantitative estimate of drug-likeness (QED) is 0.696. The Morgan fingerprint density at radius 1 is 1.00 bits per heavy atom. The van der Waals surface area contributed by atoms with Gasteiger partial charge in [0.15, 0.2) is 5.78 Å². The van der Waals surface area contributed by atoms with E-state index in [1.54, 1.807) is 13.8 Å². The average Bonchev–Trinajstić information content (AvgIpc) is 3.42. The Labute approximate surface area is 168 Å². The molecule has 1 saturated carbocycles. The molecule has 2 heterocycles. The van der Waals surface area contributed by atoms with Gasteiger partial charge in [0.25, 0.3) is 5.56 Å². The highest BCUT2D eigenvalue weighted by Crippen LogP contribution is 2.43. The van der Waals surface area contributed by atoms with Gasteiger partial charge in [-0.05, 0) is 43.2 Å². The molecular weight excluding hydrogens is 368 g/mol. The van der Waals surface area contributed by atoms with E-state index in [2.05, 4.69) is 23.7 Å². The van der Waals surface area contributed by atoms with Crippen molar-refractivity contribution in [2.24, 2.45) is 11.8 Å². The molecule has 1 fully saturated rings. The maximum absolute atomic E-state index is 13.2. The molecule has 2 aliphatic carbocycles. The lowest BCUT2D eigenvalue weighted by Gasteiger charge is -2.22. The highest BCUT2D eigenvalue weighted by Gasteiger charge is 2.36. The lowest BCUT2D eigenvalue weighted by atomic mass is 9.85. The molecule has 6 nitrogen and oxygen atoms in total. The Morgan fingerprint density at radius 2 is 1.72 bits per heavy atom. The van der Waals surface area contributed by atoms with Gasteiger partial charge >= 0.3 is 0 Å². The van der Waals surface area contributed by atoms with E-state index >= 15 is 0 Å². The van der Waals surface area contributed by atoms with E-state index < -0.39 is 11.3 Å². The minimum Gasteiger partial charge on any atom is -0.318 e. The fourth-order valence-electron chi connectivity index (χ4n) is 4.24. The second kappa shape index (κ2) is 7.00. The van der Waals surface area contributed by atoms with E-state index in [1.165, 1.54) is 23.1 Å². The molecule has 6 heteroatoms. The van der Waals surface area contributed by atoms with Crippen molar-refractivity contribution < 1.29 is 9.59 Å². The van der Waals surface area contributed by atoms with Crippen molar-refractivity contribution in [2.75, 3.05) is 0 Å². The third-order valence-corrected chi connectivity index (χ3v) is 5.96.